The van der Waals surface area contributed by atoms with Crippen molar-refractivity contribution in [2.24, 2.45) is 5.92 Å². The van der Waals surface area contributed by atoms with Gasteiger partial charge in [-0.3, -0.25) is 4.79 Å². The lowest BCUT2D eigenvalue weighted by atomic mass is 9.83. The average Bonchev–Trinajstić information content (AvgIpc) is 2.74. The second-order valence-corrected chi connectivity index (χ2v) is 8.13. The summed E-state index contributed by atoms with van der Waals surface area (Å²) in [5, 5.41) is 3.25. The Morgan fingerprint density at radius 2 is 1.79 bits per heavy atom. The van der Waals surface area contributed by atoms with Gasteiger partial charge < -0.3 is 10.2 Å². The third-order valence-electron chi connectivity index (χ3n) is 5.95. The fraction of sp³-hybridized carbons (Fsp3) is 0.480. The molecule has 2 aromatic rings. The van der Waals surface area contributed by atoms with Crippen LogP contribution in [-0.2, 0) is 11.2 Å². The number of piperidine rings is 1. The molecule has 1 fully saturated rings. The van der Waals surface area contributed by atoms with E-state index in [1.807, 2.05) is 18.2 Å². The topological polar surface area (TPSA) is 32.3 Å². The summed E-state index contributed by atoms with van der Waals surface area (Å²) < 4.78 is 0. The van der Waals surface area contributed by atoms with Crippen LogP contribution in [0, 0.1) is 5.92 Å². The van der Waals surface area contributed by atoms with Crippen molar-refractivity contribution in [2.75, 3.05) is 19.6 Å². The van der Waals surface area contributed by atoms with E-state index >= 15 is 0 Å². The molecule has 28 heavy (non-hydrogen) atoms. The largest absolute Gasteiger partial charge is 0.349 e. The van der Waals surface area contributed by atoms with Crippen LogP contribution in [-0.4, -0.2) is 30.4 Å². The predicted octanol–water partition coefficient (Wildman–Crippen LogP) is 4.94. The van der Waals surface area contributed by atoms with E-state index in [1.165, 1.54) is 11.1 Å². The monoisotopic (exact) mass is 378 g/mol. The highest BCUT2D eigenvalue weighted by atomic mass is 16.2. The van der Waals surface area contributed by atoms with Gasteiger partial charge in [-0.1, -0.05) is 68.4 Å². The van der Waals surface area contributed by atoms with Crippen LogP contribution in [0.2, 0.25) is 0 Å². The second kappa shape index (κ2) is 9.88. The van der Waals surface area contributed by atoms with Crippen molar-refractivity contribution >= 4 is 5.91 Å². The van der Waals surface area contributed by atoms with Crippen LogP contribution in [0.5, 0.6) is 0 Å². The fourth-order valence-corrected chi connectivity index (χ4v) is 4.30. The second-order valence-electron chi connectivity index (χ2n) is 8.13. The molecule has 2 aromatic carbocycles. The number of aryl methyl sites for hydroxylation is 1. The third-order valence-corrected chi connectivity index (χ3v) is 5.95. The number of likely N-dealkylation sites (tertiary alicyclic amines) is 1. The minimum atomic E-state index is 0.0394. The molecular weight excluding hydrogens is 344 g/mol. The molecule has 1 amide bonds. The number of hydrogen-bond donors (Lipinski definition) is 1. The van der Waals surface area contributed by atoms with Crippen molar-refractivity contribution in [3.05, 3.63) is 71.3 Å². The summed E-state index contributed by atoms with van der Waals surface area (Å²) in [5.74, 6) is 0.656. The zero-order chi connectivity index (χ0) is 19.9. The first-order valence-electron chi connectivity index (χ1n) is 10.8. The summed E-state index contributed by atoms with van der Waals surface area (Å²) >= 11 is 0. The number of nitrogens with one attached hydrogen (secondary N) is 1. The van der Waals surface area contributed by atoms with Crippen LogP contribution in [0.3, 0.4) is 0 Å². The number of nitrogens with zero attached hydrogens (tertiary/aromatic N) is 1. The smallest absolute Gasteiger partial charge is 0.224 e. The Hall–Kier alpha value is -2.13. The Labute approximate surface area is 170 Å². The highest BCUT2D eigenvalue weighted by Crippen LogP contribution is 2.31. The molecule has 0 radical (unpaired) electrons. The van der Waals surface area contributed by atoms with Crippen LogP contribution in [0.25, 0.3) is 0 Å². The van der Waals surface area contributed by atoms with Gasteiger partial charge in [-0.05, 0) is 55.3 Å². The normalized spacial score (nSPS) is 21.2. The predicted molar refractivity (Wildman–Crippen MR) is 116 cm³/mol. The highest BCUT2D eigenvalue weighted by Gasteiger charge is 2.32. The third kappa shape index (κ3) is 5.23. The van der Waals surface area contributed by atoms with Gasteiger partial charge in [0.2, 0.25) is 5.91 Å². The Morgan fingerprint density at radius 3 is 2.43 bits per heavy atom. The van der Waals surface area contributed by atoms with Gasteiger partial charge in [-0.25, -0.2) is 0 Å². The molecule has 1 heterocycles. The minimum absolute atomic E-state index is 0.0394. The van der Waals surface area contributed by atoms with Crippen LogP contribution >= 0.6 is 0 Å². The molecule has 3 unspecified atom stereocenters. The molecule has 0 aromatic heterocycles. The van der Waals surface area contributed by atoms with E-state index in [1.54, 1.807) is 0 Å². The number of amides is 1. The first kappa shape index (κ1) is 20.6. The molecule has 1 N–H and O–H groups in total. The van der Waals surface area contributed by atoms with E-state index < -0.39 is 0 Å². The number of rotatable bonds is 7. The van der Waals surface area contributed by atoms with Crippen molar-refractivity contribution in [3.8, 4) is 0 Å². The molecule has 0 spiro atoms. The van der Waals surface area contributed by atoms with Crippen LogP contribution in [0.1, 0.15) is 62.3 Å². The molecular formula is C25H34N2O. The van der Waals surface area contributed by atoms with Gasteiger partial charge >= 0.3 is 0 Å². The maximum atomic E-state index is 13.1. The minimum Gasteiger partial charge on any atom is -0.349 e. The van der Waals surface area contributed by atoms with E-state index in [2.05, 4.69) is 67.4 Å². The number of carbonyl (C=O) groups is 1. The van der Waals surface area contributed by atoms with Gasteiger partial charge in [0.15, 0.2) is 0 Å². The van der Waals surface area contributed by atoms with E-state index in [9.17, 15) is 4.79 Å². The fourth-order valence-electron chi connectivity index (χ4n) is 4.30. The lowest BCUT2D eigenvalue weighted by molar-refractivity contribution is -0.127. The van der Waals surface area contributed by atoms with Crippen LogP contribution < -0.4 is 5.32 Å². The van der Waals surface area contributed by atoms with Crippen molar-refractivity contribution in [3.63, 3.8) is 0 Å². The van der Waals surface area contributed by atoms with Crippen molar-refractivity contribution in [1.82, 2.24) is 10.2 Å². The van der Waals surface area contributed by atoms with Gasteiger partial charge in [0, 0.05) is 13.1 Å². The van der Waals surface area contributed by atoms with Crippen LogP contribution in [0.4, 0.5) is 0 Å². The summed E-state index contributed by atoms with van der Waals surface area (Å²) in [5.41, 5.74) is 3.90. The Bertz CT molecular complexity index is 741. The number of carbonyl (C=O) groups excluding carboxylic acids is 1. The van der Waals surface area contributed by atoms with E-state index in [0.29, 0.717) is 5.92 Å². The maximum absolute atomic E-state index is 13.1. The van der Waals surface area contributed by atoms with Gasteiger partial charge in [-0.2, -0.15) is 0 Å². The Kier molecular flexibility index (Phi) is 7.27. The van der Waals surface area contributed by atoms with Crippen LogP contribution in [0.15, 0.2) is 54.6 Å². The summed E-state index contributed by atoms with van der Waals surface area (Å²) in [6, 6.07) is 19.3. The van der Waals surface area contributed by atoms with E-state index in [4.69, 9.17) is 0 Å². The molecule has 1 aliphatic rings. The van der Waals surface area contributed by atoms with Crippen molar-refractivity contribution in [2.45, 2.75) is 52.0 Å². The van der Waals surface area contributed by atoms with Gasteiger partial charge in [0.05, 0.1) is 12.0 Å². The standard InChI is InChI=1S/C25H34N2O/c1-4-15-27-17-23(22-13-11-20(5-2)12-14-22)16-24(18-27)25(28)26-19(3)21-9-7-6-8-10-21/h6-14,19,23-24H,4-5,15-18H2,1-3H3,(H,26,28). The SMILES string of the molecule is CCCN1CC(C(=O)NC(C)c2ccccc2)CC(c2ccc(CC)cc2)C1. The quantitative estimate of drug-likeness (QED) is 0.740. The lowest BCUT2D eigenvalue weighted by Gasteiger charge is -2.37. The highest BCUT2D eigenvalue weighted by molar-refractivity contribution is 5.79. The lowest BCUT2D eigenvalue weighted by Crippen LogP contribution is -2.46. The number of benzene rings is 2. The molecule has 150 valence electrons. The van der Waals surface area contributed by atoms with Gasteiger partial charge in [-0.15, -0.1) is 0 Å². The summed E-state index contributed by atoms with van der Waals surface area (Å²) in [6.45, 7) is 9.45. The Morgan fingerprint density at radius 1 is 1.07 bits per heavy atom. The molecule has 0 aliphatic carbocycles. The summed E-state index contributed by atoms with van der Waals surface area (Å²) in [4.78, 5) is 15.5. The maximum Gasteiger partial charge on any atom is 0.224 e. The average molecular weight is 379 g/mol. The first-order valence-corrected chi connectivity index (χ1v) is 10.8. The van der Waals surface area contributed by atoms with Crippen molar-refractivity contribution < 1.29 is 4.79 Å². The molecule has 0 saturated carbocycles. The zero-order valence-corrected chi connectivity index (χ0v) is 17.5. The van der Waals surface area contributed by atoms with E-state index in [-0.39, 0.29) is 17.9 Å². The van der Waals surface area contributed by atoms with E-state index in [0.717, 1.165) is 44.5 Å². The molecule has 3 atom stereocenters. The Balaban J connectivity index is 1.70. The molecule has 1 saturated heterocycles. The molecule has 3 heteroatoms. The van der Waals surface area contributed by atoms with Crippen molar-refractivity contribution in [1.29, 1.82) is 0 Å². The molecule has 3 rings (SSSR count). The summed E-state index contributed by atoms with van der Waals surface area (Å²) in [7, 11) is 0. The van der Waals surface area contributed by atoms with Gasteiger partial charge in [0.25, 0.3) is 0 Å². The zero-order valence-electron chi connectivity index (χ0n) is 17.5. The first-order chi connectivity index (χ1) is 13.6. The molecule has 0 bridgehead atoms. The molecule has 1 aliphatic heterocycles. The summed E-state index contributed by atoms with van der Waals surface area (Å²) in [6.07, 6.45) is 3.12. The van der Waals surface area contributed by atoms with Gasteiger partial charge in [0.1, 0.15) is 0 Å². The molecule has 3 nitrogen and oxygen atoms in total. The number of hydrogen-bond acceptors (Lipinski definition) is 2.